The summed E-state index contributed by atoms with van der Waals surface area (Å²) in [5.41, 5.74) is 0. The van der Waals surface area contributed by atoms with Crippen LogP contribution >= 0.6 is 0 Å². The quantitative estimate of drug-likeness (QED) is 0.740. The van der Waals surface area contributed by atoms with Crippen molar-refractivity contribution >= 4 is 10.0 Å². The summed E-state index contributed by atoms with van der Waals surface area (Å²) >= 11 is 0. The number of nitrogens with zero attached hydrogens (tertiary/aromatic N) is 1. The van der Waals surface area contributed by atoms with Gasteiger partial charge in [-0.2, -0.15) is 0 Å². The van der Waals surface area contributed by atoms with E-state index in [-0.39, 0.29) is 12.0 Å². The second-order valence-electron chi connectivity index (χ2n) is 5.71. The number of aliphatic hydroxyl groups excluding tert-OH is 1. The van der Waals surface area contributed by atoms with E-state index in [1.807, 2.05) is 6.92 Å². The minimum atomic E-state index is -3.11. The Balaban J connectivity index is 2.53. The van der Waals surface area contributed by atoms with Crippen molar-refractivity contribution < 1.29 is 18.3 Å². The smallest absolute Gasteiger partial charge is 0.211 e. The molecule has 1 aliphatic rings. The van der Waals surface area contributed by atoms with Gasteiger partial charge in [0.25, 0.3) is 0 Å². The molecular weight excluding hydrogens is 278 g/mol. The summed E-state index contributed by atoms with van der Waals surface area (Å²) in [5, 5.41) is 10.3. The normalized spacial score (nSPS) is 24.5. The van der Waals surface area contributed by atoms with E-state index >= 15 is 0 Å². The lowest BCUT2D eigenvalue weighted by atomic mass is 9.91. The Morgan fingerprint density at radius 2 is 2.10 bits per heavy atom. The van der Waals surface area contributed by atoms with Gasteiger partial charge in [-0.25, -0.2) is 12.7 Å². The molecule has 0 aromatic carbocycles. The summed E-state index contributed by atoms with van der Waals surface area (Å²) in [6, 6.07) is 0. The number of sulfonamides is 1. The average molecular weight is 307 g/mol. The Morgan fingerprint density at radius 1 is 1.40 bits per heavy atom. The van der Waals surface area contributed by atoms with Gasteiger partial charge in [-0.15, -0.1) is 0 Å². The first-order valence-corrected chi connectivity index (χ1v) is 9.48. The standard InChI is InChI=1S/C14H29NO4S/c1-4-7-14(19-5-2)13(16)10-12-8-6-9-15(11-12)20(3,17)18/h12-14,16H,4-11H2,1-3H3. The minimum absolute atomic E-state index is 0.126. The van der Waals surface area contributed by atoms with E-state index in [1.54, 1.807) is 0 Å². The van der Waals surface area contributed by atoms with Gasteiger partial charge in [-0.1, -0.05) is 13.3 Å². The van der Waals surface area contributed by atoms with Crippen LogP contribution in [0.15, 0.2) is 0 Å². The zero-order chi connectivity index (χ0) is 15.2. The van der Waals surface area contributed by atoms with E-state index in [9.17, 15) is 13.5 Å². The van der Waals surface area contributed by atoms with E-state index in [0.717, 1.165) is 25.7 Å². The topological polar surface area (TPSA) is 66.8 Å². The van der Waals surface area contributed by atoms with Crippen LogP contribution in [-0.2, 0) is 14.8 Å². The Hall–Kier alpha value is -0.170. The Labute approximate surface area is 123 Å². The fourth-order valence-electron chi connectivity index (χ4n) is 2.90. The molecule has 0 saturated carbocycles. The minimum Gasteiger partial charge on any atom is -0.390 e. The molecule has 20 heavy (non-hydrogen) atoms. The Morgan fingerprint density at radius 3 is 2.65 bits per heavy atom. The third kappa shape index (κ3) is 5.68. The number of piperidine rings is 1. The zero-order valence-electron chi connectivity index (χ0n) is 12.9. The van der Waals surface area contributed by atoms with Gasteiger partial charge in [-0.05, 0) is 38.5 Å². The molecule has 1 heterocycles. The van der Waals surface area contributed by atoms with E-state index in [1.165, 1.54) is 10.6 Å². The van der Waals surface area contributed by atoms with Gasteiger partial charge in [-0.3, -0.25) is 0 Å². The zero-order valence-corrected chi connectivity index (χ0v) is 13.7. The highest BCUT2D eigenvalue weighted by Crippen LogP contribution is 2.25. The number of ether oxygens (including phenoxy) is 1. The summed E-state index contributed by atoms with van der Waals surface area (Å²) in [6.45, 7) is 5.74. The first-order valence-electron chi connectivity index (χ1n) is 7.63. The molecule has 0 aliphatic carbocycles. The first kappa shape index (κ1) is 17.9. The van der Waals surface area contributed by atoms with E-state index < -0.39 is 16.1 Å². The van der Waals surface area contributed by atoms with Gasteiger partial charge in [0.15, 0.2) is 0 Å². The van der Waals surface area contributed by atoms with Gasteiger partial charge >= 0.3 is 0 Å². The van der Waals surface area contributed by atoms with E-state index in [0.29, 0.717) is 26.1 Å². The van der Waals surface area contributed by atoms with Crippen LogP contribution < -0.4 is 0 Å². The van der Waals surface area contributed by atoms with E-state index in [2.05, 4.69) is 6.92 Å². The lowest BCUT2D eigenvalue weighted by Gasteiger charge is -2.33. The fourth-order valence-corrected chi connectivity index (χ4v) is 3.84. The molecule has 1 fully saturated rings. The molecule has 1 aliphatic heterocycles. The van der Waals surface area contributed by atoms with E-state index in [4.69, 9.17) is 4.74 Å². The molecule has 1 rings (SSSR count). The third-order valence-electron chi connectivity index (χ3n) is 3.91. The molecule has 5 nitrogen and oxygen atoms in total. The number of rotatable bonds is 8. The Bertz CT molecular complexity index is 365. The maximum atomic E-state index is 11.6. The molecule has 6 heteroatoms. The lowest BCUT2D eigenvalue weighted by molar-refractivity contribution is -0.0483. The van der Waals surface area contributed by atoms with Crippen LogP contribution in [0.1, 0.15) is 46.0 Å². The summed E-state index contributed by atoms with van der Waals surface area (Å²) in [5.74, 6) is 0.230. The van der Waals surface area contributed by atoms with Crippen LogP contribution in [0, 0.1) is 5.92 Å². The molecule has 0 bridgehead atoms. The SMILES string of the molecule is CCCC(OCC)C(O)CC1CCCN(S(C)(=O)=O)C1. The number of hydrogen-bond acceptors (Lipinski definition) is 4. The van der Waals surface area contributed by atoms with Crippen molar-refractivity contribution in [3.63, 3.8) is 0 Å². The summed E-state index contributed by atoms with van der Waals surface area (Å²) in [7, 11) is -3.11. The van der Waals surface area contributed by atoms with Gasteiger partial charge < -0.3 is 9.84 Å². The highest BCUT2D eigenvalue weighted by Gasteiger charge is 2.29. The van der Waals surface area contributed by atoms with Crippen LogP contribution in [0.25, 0.3) is 0 Å². The van der Waals surface area contributed by atoms with Crippen LogP contribution in [0.4, 0.5) is 0 Å². The predicted octanol–water partition coefficient (Wildman–Crippen LogP) is 1.61. The molecule has 0 aromatic heterocycles. The van der Waals surface area contributed by atoms with Crippen LogP contribution in [0.3, 0.4) is 0 Å². The highest BCUT2D eigenvalue weighted by molar-refractivity contribution is 7.88. The highest BCUT2D eigenvalue weighted by atomic mass is 32.2. The molecule has 0 spiro atoms. The van der Waals surface area contributed by atoms with Gasteiger partial charge in [0.1, 0.15) is 0 Å². The van der Waals surface area contributed by atoms with Gasteiger partial charge in [0.05, 0.1) is 18.5 Å². The summed E-state index contributed by atoms with van der Waals surface area (Å²) in [6.07, 6.45) is 4.92. The second kappa shape index (κ2) is 8.32. The van der Waals surface area contributed by atoms with Gasteiger partial charge in [0.2, 0.25) is 10.0 Å². The number of aliphatic hydroxyl groups is 1. The van der Waals surface area contributed by atoms with Gasteiger partial charge in [0, 0.05) is 19.7 Å². The third-order valence-corrected chi connectivity index (χ3v) is 5.18. The summed E-state index contributed by atoms with van der Waals surface area (Å²) < 4.78 is 30.3. The predicted molar refractivity (Wildman–Crippen MR) is 80.1 cm³/mol. The van der Waals surface area contributed by atoms with Crippen molar-refractivity contribution in [1.82, 2.24) is 4.31 Å². The maximum Gasteiger partial charge on any atom is 0.211 e. The fraction of sp³-hybridized carbons (Fsp3) is 1.00. The number of hydrogen-bond donors (Lipinski definition) is 1. The average Bonchev–Trinajstić information content (AvgIpc) is 2.38. The molecular formula is C14H29NO4S. The largest absolute Gasteiger partial charge is 0.390 e. The molecule has 1 N–H and O–H groups in total. The van der Waals surface area contributed by atoms with Crippen LogP contribution in [0.2, 0.25) is 0 Å². The van der Waals surface area contributed by atoms with Crippen LogP contribution in [-0.4, -0.2) is 56.0 Å². The molecule has 120 valence electrons. The van der Waals surface area contributed by atoms with Crippen LogP contribution in [0.5, 0.6) is 0 Å². The lowest BCUT2D eigenvalue weighted by Crippen LogP contribution is -2.41. The second-order valence-corrected chi connectivity index (χ2v) is 7.70. The molecule has 0 amide bonds. The molecule has 1 saturated heterocycles. The van der Waals surface area contributed by atoms with Crippen molar-refractivity contribution in [2.75, 3.05) is 26.0 Å². The molecule has 0 aromatic rings. The monoisotopic (exact) mass is 307 g/mol. The molecule has 0 radical (unpaired) electrons. The van der Waals surface area contributed by atoms with Crippen molar-refractivity contribution in [1.29, 1.82) is 0 Å². The van der Waals surface area contributed by atoms with Crippen molar-refractivity contribution in [3.8, 4) is 0 Å². The molecule has 3 unspecified atom stereocenters. The van der Waals surface area contributed by atoms with Crippen molar-refractivity contribution in [3.05, 3.63) is 0 Å². The first-order chi connectivity index (χ1) is 9.38. The van der Waals surface area contributed by atoms with Crippen molar-refractivity contribution in [2.24, 2.45) is 5.92 Å². The summed E-state index contributed by atoms with van der Waals surface area (Å²) in [4.78, 5) is 0. The maximum absolute atomic E-state index is 11.6. The van der Waals surface area contributed by atoms with Crippen molar-refractivity contribution in [2.45, 2.75) is 58.2 Å². The Kier molecular flexibility index (Phi) is 7.43. The molecule has 3 atom stereocenters.